The van der Waals surface area contributed by atoms with Crippen molar-refractivity contribution in [3.8, 4) is 0 Å². The van der Waals surface area contributed by atoms with Gasteiger partial charge in [0.15, 0.2) is 0 Å². The molecule has 2 heterocycles. The summed E-state index contributed by atoms with van der Waals surface area (Å²) in [6.07, 6.45) is 0.446. The van der Waals surface area contributed by atoms with Gasteiger partial charge in [0, 0.05) is 12.1 Å². The van der Waals surface area contributed by atoms with E-state index >= 15 is 0 Å². The summed E-state index contributed by atoms with van der Waals surface area (Å²) in [4.78, 5) is 12.0. The number of nitrogens with one attached hydrogen (secondary N) is 1. The Kier molecular flexibility index (Phi) is 3.27. The van der Waals surface area contributed by atoms with Crippen LogP contribution < -0.4 is 5.32 Å². The molecule has 0 saturated carbocycles. The number of ether oxygens (including phenoxy) is 1. The van der Waals surface area contributed by atoms with Crippen LogP contribution in [-0.4, -0.2) is 28.0 Å². The molecule has 0 radical (unpaired) electrons. The summed E-state index contributed by atoms with van der Waals surface area (Å²) in [5.41, 5.74) is 1.47. The molecule has 5 nitrogen and oxygen atoms in total. The highest BCUT2D eigenvalue weighted by atomic mass is 79.9. The molecule has 0 atom stereocenters. The number of aromatic nitrogens is 2. The van der Waals surface area contributed by atoms with Gasteiger partial charge in [-0.1, -0.05) is 0 Å². The van der Waals surface area contributed by atoms with Gasteiger partial charge in [-0.3, -0.25) is 0 Å². The normalized spacial score (nSPS) is 15.5. The first-order valence-electron chi connectivity index (χ1n) is 5.59. The van der Waals surface area contributed by atoms with Crippen molar-refractivity contribution in [3.05, 3.63) is 15.9 Å². The average molecular weight is 302 g/mol. The third-order valence-electron chi connectivity index (χ3n) is 2.45. The maximum Gasteiger partial charge on any atom is 0.435 e. The topological polar surface area (TPSA) is 56.2 Å². The lowest BCUT2D eigenvalue weighted by Gasteiger charge is -2.20. The number of halogens is 1. The first-order chi connectivity index (χ1) is 7.88. The van der Waals surface area contributed by atoms with Crippen molar-refractivity contribution in [1.82, 2.24) is 15.1 Å². The van der Waals surface area contributed by atoms with Gasteiger partial charge in [-0.2, -0.15) is 9.78 Å². The van der Waals surface area contributed by atoms with Crippen LogP contribution in [0.3, 0.4) is 0 Å². The summed E-state index contributed by atoms with van der Waals surface area (Å²) in [5, 5.41) is 7.42. The number of hydrogen-bond acceptors (Lipinski definition) is 4. The lowest BCUT2D eigenvalue weighted by atomic mass is 10.1. The predicted molar refractivity (Wildman–Crippen MR) is 67.0 cm³/mol. The summed E-state index contributed by atoms with van der Waals surface area (Å²) in [7, 11) is 0. The van der Waals surface area contributed by atoms with Gasteiger partial charge in [-0.05, 0) is 49.7 Å². The van der Waals surface area contributed by atoms with E-state index in [0.717, 1.165) is 28.8 Å². The Morgan fingerprint density at radius 2 is 2.24 bits per heavy atom. The zero-order valence-corrected chi connectivity index (χ0v) is 11.8. The smallest absolute Gasteiger partial charge is 0.435 e. The SMILES string of the molecule is CC(C)(C)OC(=O)n1nc(Br)c2c1CNCC2. The summed E-state index contributed by atoms with van der Waals surface area (Å²) in [6.45, 7) is 7.08. The van der Waals surface area contributed by atoms with E-state index in [1.165, 1.54) is 4.68 Å². The van der Waals surface area contributed by atoms with Crippen molar-refractivity contribution in [2.24, 2.45) is 0 Å². The molecule has 1 aliphatic heterocycles. The van der Waals surface area contributed by atoms with Crippen LogP contribution in [0.5, 0.6) is 0 Å². The third-order valence-corrected chi connectivity index (χ3v) is 3.09. The molecule has 0 unspecified atom stereocenters. The molecule has 0 aromatic carbocycles. The Morgan fingerprint density at radius 1 is 1.53 bits per heavy atom. The van der Waals surface area contributed by atoms with Gasteiger partial charge in [0.05, 0.1) is 5.69 Å². The fraction of sp³-hybridized carbons (Fsp3) is 0.636. The largest absolute Gasteiger partial charge is 0.442 e. The van der Waals surface area contributed by atoms with Crippen molar-refractivity contribution in [3.63, 3.8) is 0 Å². The van der Waals surface area contributed by atoms with Gasteiger partial charge in [-0.25, -0.2) is 4.79 Å². The summed E-state index contributed by atoms with van der Waals surface area (Å²) < 4.78 is 7.40. The van der Waals surface area contributed by atoms with Crippen molar-refractivity contribution in [2.45, 2.75) is 39.3 Å². The third kappa shape index (κ3) is 2.69. The molecular formula is C11H16BrN3O2. The minimum Gasteiger partial charge on any atom is -0.442 e. The number of fused-ring (bicyclic) bond motifs is 1. The molecule has 1 aromatic rings. The summed E-state index contributed by atoms with van der Waals surface area (Å²) in [5.74, 6) is 0. The van der Waals surface area contributed by atoms with Crippen molar-refractivity contribution in [1.29, 1.82) is 0 Å². The minimum atomic E-state index is -0.509. The van der Waals surface area contributed by atoms with E-state index in [4.69, 9.17) is 4.74 Å². The molecule has 1 N–H and O–H groups in total. The van der Waals surface area contributed by atoms with Gasteiger partial charge in [-0.15, -0.1) is 0 Å². The first-order valence-corrected chi connectivity index (χ1v) is 6.38. The van der Waals surface area contributed by atoms with Gasteiger partial charge >= 0.3 is 6.09 Å². The molecule has 17 heavy (non-hydrogen) atoms. The number of hydrogen-bond donors (Lipinski definition) is 1. The van der Waals surface area contributed by atoms with E-state index in [1.54, 1.807) is 0 Å². The molecule has 94 valence electrons. The molecule has 2 rings (SSSR count). The molecule has 0 amide bonds. The molecule has 1 aromatic heterocycles. The second-order valence-corrected chi connectivity index (χ2v) is 5.79. The molecule has 0 bridgehead atoms. The van der Waals surface area contributed by atoms with Crippen LogP contribution >= 0.6 is 15.9 Å². The predicted octanol–water partition coefficient (Wildman–Crippen LogP) is 2.07. The molecule has 0 aliphatic carbocycles. The van der Waals surface area contributed by atoms with E-state index in [-0.39, 0.29) is 0 Å². The van der Waals surface area contributed by atoms with Crippen LogP contribution in [0.4, 0.5) is 4.79 Å². The Hall–Kier alpha value is -0.880. The lowest BCUT2D eigenvalue weighted by Crippen LogP contribution is -2.31. The second kappa shape index (κ2) is 4.42. The Balaban J connectivity index is 2.30. The van der Waals surface area contributed by atoms with E-state index in [9.17, 15) is 4.79 Å². The number of rotatable bonds is 0. The number of carbonyl (C=O) groups excluding carboxylic acids is 1. The zero-order chi connectivity index (χ0) is 12.6. The second-order valence-electron chi connectivity index (χ2n) is 5.03. The Morgan fingerprint density at radius 3 is 2.88 bits per heavy atom. The number of carbonyl (C=O) groups is 1. The van der Waals surface area contributed by atoms with Crippen LogP contribution in [0.15, 0.2) is 4.60 Å². The monoisotopic (exact) mass is 301 g/mol. The fourth-order valence-corrected chi connectivity index (χ4v) is 2.35. The van der Waals surface area contributed by atoms with E-state index in [1.807, 2.05) is 20.8 Å². The van der Waals surface area contributed by atoms with E-state index < -0.39 is 11.7 Å². The highest BCUT2D eigenvalue weighted by Gasteiger charge is 2.26. The number of nitrogens with zero attached hydrogens (tertiary/aromatic N) is 2. The van der Waals surface area contributed by atoms with Crippen LogP contribution in [0.2, 0.25) is 0 Å². The summed E-state index contributed by atoms with van der Waals surface area (Å²) in [6, 6.07) is 0. The Bertz CT molecular complexity index is 448. The highest BCUT2D eigenvalue weighted by Crippen LogP contribution is 2.23. The van der Waals surface area contributed by atoms with Crippen LogP contribution in [0, 0.1) is 0 Å². The molecule has 0 fully saturated rings. The summed E-state index contributed by atoms with van der Waals surface area (Å²) >= 11 is 3.38. The quantitative estimate of drug-likeness (QED) is 0.797. The molecular weight excluding hydrogens is 286 g/mol. The van der Waals surface area contributed by atoms with Gasteiger partial charge in [0.25, 0.3) is 0 Å². The molecule has 1 aliphatic rings. The van der Waals surface area contributed by atoms with Crippen LogP contribution in [-0.2, 0) is 17.7 Å². The lowest BCUT2D eigenvalue weighted by molar-refractivity contribution is 0.0508. The average Bonchev–Trinajstić information content (AvgIpc) is 2.55. The van der Waals surface area contributed by atoms with Crippen LogP contribution in [0.25, 0.3) is 0 Å². The fourth-order valence-electron chi connectivity index (χ4n) is 1.76. The maximum absolute atomic E-state index is 12.0. The van der Waals surface area contributed by atoms with Crippen molar-refractivity contribution >= 4 is 22.0 Å². The first kappa shape index (κ1) is 12.6. The Labute approximate surface area is 109 Å². The van der Waals surface area contributed by atoms with E-state index in [0.29, 0.717) is 6.54 Å². The van der Waals surface area contributed by atoms with Gasteiger partial charge in [0.1, 0.15) is 10.2 Å². The van der Waals surface area contributed by atoms with Gasteiger partial charge < -0.3 is 10.1 Å². The van der Waals surface area contributed by atoms with Gasteiger partial charge in [0.2, 0.25) is 0 Å². The van der Waals surface area contributed by atoms with Crippen molar-refractivity contribution in [2.75, 3.05) is 6.54 Å². The van der Waals surface area contributed by atoms with E-state index in [2.05, 4.69) is 26.3 Å². The highest BCUT2D eigenvalue weighted by molar-refractivity contribution is 9.10. The molecule has 0 saturated heterocycles. The standard InChI is InChI=1S/C11H16BrN3O2/c1-11(2,3)17-10(16)15-8-6-13-5-4-7(8)9(12)14-15/h13H,4-6H2,1-3H3. The molecule has 6 heteroatoms. The zero-order valence-electron chi connectivity index (χ0n) is 10.2. The minimum absolute atomic E-state index is 0.428. The van der Waals surface area contributed by atoms with Crippen LogP contribution in [0.1, 0.15) is 32.0 Å². The molecule has 0 spiro atoms. The van der Waals surface area contributed by atoms with Crippen molar-refractivity contribution < 1.29 is 9.53 Å². The maximum atomic E-state index is 12.0.